The predicted octanol–water partition coefficient (Wildman–Crippen LogP) is 3.68. The summed E-state index contributed by atoms with van der Waals surface area (Å²) >= 11 is 0. The van der Waals surface area contributed by atoms with Crippen molar-refractivity contribution >= 4 is 11.8 Å². The van der Waals surface area contributed by atoms with Crippen molar-refractivity contribution in [3.05, 3.63) is 59.7 Å². The summed E-state index contributed by atoms with van der Waals surface area (Å²) in [7, 11) is 4.14. The Morgan fingerprint density at radius 2 is 1.61 bits per heavy atom. The minimum Gasteiger partial charge on any atom is -0.352 e. The van der Waals surface area contributed by atoms with Gasteiger partial charge >= 0.3 is 0 Å². The summed E-state index contributed by atoms with van der Waals surface area (Å²) in [4.78, 5) is 29.1. The highest BCUT2D eigenvalue weighted by molar-refractivity contribution is 5.82. The summed E-state index contributed by atoms with van der Waals surface area (Å²) in [6.45, 7) is 2.87. The summed E-state index contributed by atoms with van der Waals surface area (Å²) in [5, 5.41) is 3.15. The van der Waals surface area contributed by atoms with Crippen molar-refractivity contribution in [3.63, 3.8) is 0 Å². The number of nitrogens with one attached hydrogen (secondary N) is 1. The van der Waals surface area contributed by atoms with Gasteiger partial charge in [-0.1, -0.05) is 48.5 Å². The van der Waals surface area contributed by atoms with Gasteiger partial charge in [-0.05, 0) is 62.0 Å². The van der Waals surface area contributed by atoms with E-state index >= 15 is 0 Å². The van der Waals surface area contributed by atoms with Crippen LogP contribution in [-0.4, -0.2) is 48.8 Å². The maximum absolute atomic E-state index is 12.8. The molecule has 31 heavy (non-hydrogen) atoms. The first-order valence-corrected chi connectivity index (χ1v) is 11.4. The van der Waals surface area contributed by atoms with Crippen LogP contribution in [0.2, 0.25) is 0 Å². The van der Waals surface area contributed by atoms with Gasteiger partial charge in [0.1, 0.15) is 0 Å². The summed E-state index contributed by atoms with van der Waals surface area (Å²) in [5.74, 6) is 0.665. The van der Waals surface area contributed by atoms with E-state index in [1.807, 2.05) is 17.0 Å². The largest absolute Gasteiger partial charge is 0.352 e. The lowest BCUT2D eigenvalue weighted by Gasteiger charge is -2.31. The Morgan fingerprint density at radius 3 is 2.26 bits per heavy atom. The fraction of sp³-hybridized carbons (Fsp3) is 0.462. The van der Waals surface area contributed by atoms with Crippen LogP contribution in [0.5, 0.6) is 0 Å². The Bertz CT molecular complexity index is 911. The van der Waals surface area contributed by atoms with Gasteiger partial charge in [-0.25, -0.2) is 0 Å². The second-order valence-electron chi connectivity index (χ2n) is 9.18. The van der Waals surface area contributed by atoms with Crippen molar-refractivity contribution in [1.82, 2.24) is 15.1 Å². The van der Waals surface area contributed by atoms with Crippen LogP contribution in [0, 0.1) is 11.8 Å². The molecule has 0 spiro atoms. The molecule has 2 aromatic rings. The summed E-state index contributed by atoms with van der Waals surface area (Å²) in [6.07, 6.45) is 3.60. The van der Waals surface area contributed by atoms with E-state index in [4.69, 9.17) is 0 Å². The van der Waals surface area contributed by atoms with Gasteiger partial charge in [0.15, 0.2) is 0 Å². The molecule has 0 radical (unpaired) electrons. The molecule has 5 heteroatoms. The van der Waals surface area contributed by atoms with E-state index in [1.165, 1.54) is 11.1 Å². The second kappa shape index (κ2) is 9.65. The van der Waals surface area contributed by atoms with E-state index < -0.39 is 0 Å². The van der Waals surface area contributed by atoms with E-state index in [9.17, 15) is 9.59 Å². The molecule has 1 aliphatic carbocycles. The van der Waals surface area contributed by atoms with Gasteiger partial charge in [-0.2, -0.15) is 0 Å². The smallest absolute Gasteiger partial charge is 0.225 e. The normalized spacial score (nSPS) is 17.1. The van der Waals surface area contributed by atoms with Crippen molar-refractivity contribution in [2.75, 3.05) is 27.2 Å². The van der Waals surface area contributed by atoms with Crippen LogP contribution in [0.25, 0.3) is 11.1 Å². The van der Waals surface area contributed by atoms with Crippen LogP contribution in [0.15, 0.2) is 48.5 Å². The molecule has 1 heterocycles. The molecule has 0 atom stereocenters. The topological polar surface area (TPSA) is 52.7 Å². The molecular formula is C26H33N3O2. The van der Waals surface area contributed by atoms with Crippen LogP contribution in [-0.2, 0) is 22.7 Å². The molecule has 0 aromatic heterocycles. The lowest BCUT2D eigenvalue weighted by molar-refractivity contribution is -0.136. The second-order valence-corrected chi connectivity index (χ2v) is 9.18. The molecule has 2 fully saturated rings. The lowest BCUT2D eigenvalue weighted by atomic mass is 9.95. The number of carbonyl (C=O) groups excluding carboxylic acids is 2. The third-order valence-electron chi connectivity index (χ3n) is 6.34. The third-order valence-corrected chi connectivity index (χ3v) is 6.34. The van der Waals surface area contributed by atoms with Crippen LogP contribution in [0.3, 0.4) is 0 Å². The molecular weight excluding hydrogens is 386 g/mol. The standard InChI is InChI=1S/C26H33N3O2/c1-28(2)18-19-7-9-20(10-8-19)24-6-4-3-5-23(24)17-27-25(30)21-13-15-29(16-14-21)26(31)22-11-12-22/h3-10,21-22H,11-18H2,1-2H3,(H,27,30). The molecule has 0 bridgehead atoms. The average Bonchev–Trinajstić information content (AvgIpc) is 3.63. The molecule has 5 nitrogen and oxygen atoms in total. The molecule has 164 valence electrons. The monoisotopic (exact) mass is 419 g/mol. The number of benzene rings is 2. The zero-order chi connectivity index (χ0) is 21.8. The van der Waals surface area contributed by atoms with Crippen molar-refractivity contribution in [1.29, 1.82) is 0 Å². The fourth-order valence-corrected chi connectivity index (χ4v) is 4.39. The van der Waals surface area contributed by atoms with E-state index in [-0.39, 0.29) is 17.7 Å². The minimum atomic E-state index is 0.000678. The Labute approximate surface area is 185 Å². The molecule has 1 aliphatic heterocycles. The number of hydrogen-bond acceptors (Lipinski definition) is 3. The minimum absolute atomic E-state index is 0.000678. The SMILES string of the molecule is CN(C)Cc1ccc(-c2ccccc2CNC(=O)C2CCN(C(=O)C3CC3)CC2)cc1. The highest BCUT2D eigenvalue weighted by Crippen LogP contribution is 2.32. The Hall–Kier alpha value is -2.66. The number of likely N-dealkylation sites (tertiary alicyclic amines) is 1. The molecule has 2 amide bonds. The van der Waals surface area contributed by atoms with Crippen LogP contribution >= 0.6 is 0 Å². The number of piperidine rings is 1. The van der Waals surface area contributed by atoms with Crippen LogP contribution in [0.1, 0.15) is 36.8 Å². The van der Waals surface area contributed by atoms with Gasteiger partial charge in [0.05, 0.1) is 0 Å². The number of nitrogens with zero attached hydrogens (tertiary/aromatic N) is 2. The molecule has 4 rings (SSSR count). The first-order chi connectivity index (χ1) is 15.0. The first kappa shape index (κ1) is 21.6. The zero-order valence-corrected chi connectivity index (χ0v) is 18.6. The summed E-state index contributed by atoms with van der Waals surface area (Å²) in [5.41, 5.74) is 4.73. The molecule has 1 saturated heterocycles. The number of amides is 2. The van der Waals surface area contributed by atoms with Crippen LogP contribution < -0.4 is 5.32 Å². The maximum atomic E-state index is 12.8. The van der Waals surface area contributed by atoms with Gasteiger partial charge in [0, 0.05) is 38.0 Å². The number of carbonyl (C=O) groups is 2. The van der Waals surface area contributed by atoms with Crippen molar-refractivity contribution < 1.29 is 9.59 Å². The van der Waals surface area contributed by atoms with Crippen LogP contribution in [0.4, 0.5) is 0 Å². The Morgan fingerprint density at radius 1 is 0.935 bits per heavy atom. The van der Waals surface area contributed by atoms with Gasteiger partial charge < -0.3 is 15.1 Å². The highest BCUT2D eigenvalue weighted by atomic mass is 16.2. The van der Waals surface area contributed by atoms with Crippen molar-refractivity contribution in [2.45, 2.75) is 38.8 Å². The third kappa shape index (κ3) is 5.53. The summed E-state index contributed by atoms with van der Waals surface area (Å²) in [6, 6.07) is 16.9. The highest BCUT2D eigenvalue weighted by Gasteiger charge is 2.35. The van der Waals surface area contributed by atoms with Gasteiger partial charge in [0.2, 0.25) is 11.8 Å². The quantitative estimate of drug-likeness (QED) is 0.745. The Kier molecular flexibility index (Phi) is 6.71. The van der Waals surface area contributed by atoms with Crippen molar-refractivity contribution in [2.24, 2.45) is 11.8 Å². The molecule has 0 unspecified atom stereocenters. The van der Waals surface area contributed by atoms with Gasteiger partial charge in [-0.3, -0.25) is 9.59 Å². The van der Waals surface area contributed by atoms with Gasteiger partial charge in [0.25, 0.3) is 0 Å². The van der Waals surface area contributed by atoms with E-state index in [1.54, 1.807) is 0 Å². The number of hydrogen-bond donors (Lipinski definition) is 1. The molecule has 2 aromatic carbocycles. The molecule has 1 saturated carbocycles. The predicted molar refractivity (Wildman–Crippen MR) is 123 cm³/mol. The maximum Gasteiger partial charge on any atom is 0.225 e. The van der Waals surface area contributed by atoms with E-state index in [0.717, 1.165) is 43.4 Å². The van der Waals surface area contributed by atoms with Crippen molar-refractivity contribution in [3.8, 4) is 11.1 Å². The van der Waals surface area contributed by atoms with E-state index in [2.05, 4.69) is 60.7 Å². The fourth-order valence-electron chi connectivity index (χ4n) is 4.39. The Balaban J connectivity index is 1.34. The average molecular weight is 420 g/mol. The lowest BCUT2D eigenvalue weighted by Crippen LogP contribution is -2.43. The van der Waals surface area contributed by atoms with Gasteiger partial charge in [-0.15, -0.1) is 0 Å². The number of rotatable bonds is 7. The molecule has 2 aliphatic rings. The molecule has 1 N–H and O–H groups in total. The zero-order valence-electron chi connectivity index (χ0n) is 18.6. The van der Waals surface area contributed by atoms with E-state index in [0.29, 0.717) is 25.5 Å². The first-order valence-electron chi connectivity index (χ1n) is 11.4. The summed E-state index contributed by atoms with van der Waals surface area (Å²) < 4.78 is 0.